The van der Waals surface area contributed by atoms with Crippen molar-refractivity contribution in [2.24, 2.45) is 0 Å². The van der Waals surface area contributed by atoms with E-state index in [0.29, 0.717) is 23.7 Å². The average Bonchev–Trinajstić information content (AvgIpc) is 3.45. The molecule has 2 aliphatic heterocycles. The number of fused-ring (bicyclic) bond motifs is 1. The molecule has 3 aromatic rings. The highest BCUT2D eigenvalue weighted by molar-refractivity contribution is 7.92. The molecule has 1 saturated heterocycles. The fraction of sp³-hybridized carbons (Fsp3) is 0.321. The van der Waals surface area contributed by atoms with E-state index in [-0.39, 0.29) is 17.3 Å². The second-order valence-corrected chi connectivity index (χ2v) is 11.1. The second kappa shape index (κ2) is 10.8. The Morgan fingerprint density at radius 3 is 2.38 bits per heavy atom. The molecule has 5 rings (SSSR count). The van der Waals surface area contributed by atoms with Gasteiger partial charge in [-0.2, -0.15) is 0 Å². The molecular formula is C28H31N3O5S. The highest BCUT2D eigenvalue weighted by Crippen LogP contribution is 2.37. The van der Waals surface area contributed by atoms with Crippen molar-refractivity contribution >= 4 is 21.6 Å². The lowest BCUT2D eigenvalue weighted by atomic mass is 10.1. The van der Waals surface area contributed by atoms with Crippen molar-refractivity contribution in [3.05, 3.63) is 83.9 Å². The first kappa shape index (κ1) is 25.1. The Balaban J connectivity index is 1.33. The number of nitrogens with one attached hydrogen (secondary N) is 1. The van der Waals surface area contributed by atoms with Gasteiger partial charge in [0.25, 0.3) is 15.9 Å². The van der Waals surface area contributed by atoms with Crippen LogP contribution in [0.2, 0.25) is 0 Å². The van der Waals surface area contributed by atoms with E-state index in [1.807, 2.05) is 18.2 Å². The van der Waals surface area contributed by atoms with Crippen molar-refractivity contribution in [2.75, 3.05) is 31.0 Å². The van der Waals surface area contributed by atoms with Gasteiger partial charge in [0.1, 0.15) is 11.5 Å². The largest absolute Gasteiger partial charge is 0.497 e. The van der Waals surface area contributed by atoms with Crippen LogP contribution in [0, 0.1) is 0 Å². The van der Waals surface area contributed by atoms with E-state index >= 15 is 0 Å². The third-order valence-electron chi connectivity index (χ3n) is 6.84. The molecule has 0 radical (unpaired) electrons. The van der Waals surface area contributed by atoms with Gasteiger partial charge in [-0.05, 0) is 73.5 Å². The number of amides is 1. The van der Waals surface area contributed by atoms with Crippen LogP contribution in [0.3, 0.4) is 0 Å². The van der Waals surface area contributed by atoms with Gasteiger partial charge in [0, 0.05) is 13.1 Å². The number of hydrogen-bond donors (Lipinski definition) is 1. The number of anilines is 1. The summed E-state index contributed by atoms with van der Waals surface area (Å²) in [5, 5.41) is 2.97. The number of likely N-dealkylation sites (tertiary alicyclic amines) is 1. The van der Waals surface area contributed by atoms with Gasteiger partial charge in [0.05, 0.1) is 24.2 Å². The zero-order valence-corrected chi connectivity index (χ0v) is 21.6. The minimum Gasteiger partial charge on any atom is -0.497 e. The molecule has 2 heterocycles. The van der Waals surface area contributed by atoms with E-state index in [1.54, 1.807) is 36.4 Å². The maximum atomic E-state index is 13.6. The van der Waals surface area contributed by atoms with Crippen molar-refractivity contribution in [1.82, 2.24) is 10.2 Å². The van der Waals surface area contributed by atoms with Crippen LogP contribution < -0.4 is 19.1 Å². The molecule has 2 aliphatic rings. The fourth-order valence-electron chi connectivity index (χ4n) is 4.80. The lowest BCUT2D eigenvalue weighted by Crippen LogP contribution is -2.50. The number of ether oxygens (including phenoxy) is 2. The topological polar surface area (TPSA) is 88.2 Å². The molecule has 0 saturated carbocycles. The van der Waals surface area contributed by atoms with Crippen LogP contribution in [0.5, 0.6) is 11.5 Å². The smallest absolute Gasteiger partial charge is 0.264 e. The molecule has 194 valence electrons. The Bertz CT molecular complexity index is 1350. The summed E-state index contributed by atoms with van der Waals surface area (Å²) in [6, 6.07) is 21.1. The van der Waals surface area contributed by atoms with Crippen molar-refractivity contribution in [1.29, 1.82) is 0 Å². The molecule has 0 bridgehead atoms. The average molecular weight is 522 g/mol. The fourth-order valence-corrected chi connectivity index (χ4v) is 6.28. The Morgan fingerprint density at radius 2 is 1.65 bits per heavy atom. The molecule has 1 N–H and O–H groups in total. The van der Waals surface area contributed by atoms with E-state index in [4.69, 9.17) is 9.47 Å². The summed E-state index contributed by atoms with van der Waals surface area (Å²) in [6.07, 6.45) is 1.44. The maximum Gasteiger partial charge on any atom is 0.264 e. The molecule has 1 amide bonds. The van der Waals surface area contributed by atoms with Crippen molar-refractivity contribution in [3.63, 3.8) is 0 Å². The van der Waals surface area contributed by atoms with E-state index in [1.165, 1.54) is 42.0 Å². The summed E-state index contributed by atoms with van der Waals surface area (Å²) < 4.78 is 39.6. The van der Waals surface area contributed by atoms with Crippen LogP contribution in [-0.2, 0) is 27.9 Å². The summed E-state index contributed by atoms with van der Waals surface area (Å²) in [7, 11) is -2.42. The lowest BCUT2D eigenvalue weighted by Gasteiger charge is -2.34. The highest BCUT2D eigenvalue weighted by Gasteiger charge is 2.37. The van der Waals surface area contributed by atoms with Crippen LogP contribution in [0.15, 0.2) is 77.7 Å². The number of sulfonamides is 1. The first-order chi connectivity index (χ1) is 18.0. The van der Waals surface area contributed by atoms with Crippen LogP contribution in [0.4, 0.5) is 5.69 Å². The number of rotatable bonds is 8. The van der Waals surface area contributed by atoms with Gasteiger partial charge in [0.2, 0.25) is 0 Å². The minimum atomic E-state index is -3.94. The Kier molecular flexibility index (Phi) is 7.34. The molecule has 0 aliphatic carbocycles. The number of carbonyl (C=O) groups excluding carboxylic acids is 1. The molecule has 0 spiro atoms. The van der Waals surface area contributed by atoms with E-state index in [0.717, 1.165) is 25.2 Å². The van der Waals surface area contributed by atoms with E-state index in [2.05, 4.69) is 16.3 Å². The predicted octanol–water partition coefficient (Wildman–Crippen LogP) is 3.56. The zero-order valence-electron chi connectivity index (χ0n) is 20.8. The summed E-state index contributed by atoms with van der Waals surface area (Å²) in [6.45, 7) is 3.25. The predicted molar refractivity (Wildman–Crippen MR) is 141 cm³/mol. The number of methoxy groups -OCH3 is 1. The summed E-state index contributed by atoms with van der Waals surface area (Å²) in [5.41, 5.74) is 2.63. The monoisotopic (exact) mass is 521 g/mol. The number of nitrogens with zero attached hydrogens (tertiary/aromatic N) is 2. The van der Waals surface area contributed by atoms with Gasteiger partial charge >= 0.3 is 0 Å². The van der Waals surface area contributed by atoms with Gasteiger partial charge in [-0.25, -0.2) is 8.42 Å². The number of hydrogen-bond acceptors (Lipinski definition) is 6. The third-order valence-corrected chi connectivity index (χ3v) is 8.63. The first-order valence-corrected chi connectivity index (χ1v) is 13.9. The van der Waals surface area contributed by atoms with Gasteiger partial charge in [-0.1, -0.05) is 36.4 Å². The molecule has 3 aromatic carbocycles. The van der Waals surface area contributed by atoms with Gasteiger partial charge < -0.3 is 14.8 Å². The molecule has 37 heavy (non-hydrogen) atoms. The summed E-state index contributed by atoms with van der Waals surface area (Å²) in [5.74, 6) is 0.546. The van der Waals surface area contributed by atoms with Crippen molar-refractivity contribution < 1.29 is 22.7 Å². The molecule has 1 fully saturated rings. The standard InChI is InChI=1S/C28H31N3O5S/c1-35-23-12-14-24(15-13-23)37(33,34)31-20-27(36-26-11-5-4-10-25(26)31)28(32)29-18-21-8-2-3-9-22(21)19-30-16-6-7-17-30/h2-5,8-15,27H,6-7,16-20H2,1H3,(H,29,32)/t27-/m1/s1. The van der Waals surface area contributed by atoms with Crippen molar-refractivity contribution in [3.8, 4) is 11.5 Å². The van der Waals surface area contributed by atoms with E-state index in [9.17, 15) is 13.2 Å². The van der Waals surface area contributed by atoms with Crippen molar-refractivity contribution in [2.45, 2.75) is 36.9 Å². The Labute approximate surface area is 217 Å². The minimum absolute atomic E-state index is 0.111. The number of benzene rings is 3. The molecule has 9 heteroatoms. The number of para-hydroxylation sites is 2. The normalized spacial score (nSPS) is 17.6. The second-order valence-electron chi connectivity index (χ2n) is 9.26. The molecule has 1 atom stereocenters. The van der Waals surface area contributed by atoms with Gasteiger partial charge in [0.15, 0.2) is 6.10 Å². The van der Waals surface area contributed by atoms with E-state index < -0.39 is 16.1 Å². The summed E-state index contributed by atoms with van der Waals surface area (Å²) in [4.78, 5) is 15.8. The third kappa shape index (κ3) is 5.42. The van der Waals surface area contributed by atoms with Crippen LogP contribution >= 0.6 is 0 Å². The molecular weight excluding hydrogens is 490 g/mol. The summed E-state index contributed by atoms with van der Waals surface area (Å²) >= 11 is 0. The Hall–Kier alpha value is -3.56. The SMILES string of the molecule is COc1ccc(S(=O)(=O)N2C[C@H](C(=O)NCc3ccccc3CN3CCCC3)Oc3ccccc32)cc1. The van der Waals surface area contributed by atoms with Gasteiger partial charge in [-0.3, -0.25) is 14.0 Å². The van der Waals surface area contributed by atoms with Crippen LogP contribution in [-0.4, -0.2) is 52.1 Å². The molecule has 8 nitrogen and oxygen atoms in total. The number of carbonyl (C=O) groups is 1. The lowest BCUT2D eigenvalue weighted by molar-refractivity contribution is -0.127. The highest BCUT2D eigenvalue weighted by atomic mass is 32.2. The first-order valence-electron chi connectivity index (χ1n) is 12.4. The van der Waals surface area contributed by atoms with Crippen LogP contribution in [0.1, 0.15) is 24.0 Å². The Morgan fingerprint density at radius 1 is 0.973 bits per heavy atom. The van der Waals surface area contributed by atoms with Gasteiger partial charge in [-0.15, -0.1) is 0 Å². The molecule has 0 unspecified atom stereocenters. The quantitative estimate of drug-likeness (QED) is 0.488. The van der Waals surface area contributed by atoms with Crippen LogP contribution in [0.25, 0.3) is 0 Å². The maximum absolute atomic E-state index is 13.6. The molecule has 0 aromatic heterocycles. The zero-order chi connectivity index (χ0) is 25.8.